The summed E-state index contributed by atoms with van der Waals surface area (Å²) in [6.07, 6.45) is 1.76. The zero-order chi connectivity index (χ0) is 9.68. The third-order valence-corrected chi connectivity index (χ3v) is 1.47. The van der Waals surface area contributed by atoms with E-state index in [0.29, 0.717) is 18.3 Å². The van der Waals surface area contributed by atoms with Gasteiger partial charge in [-0.25, -0.2) is 0 Å². The summed E-state index contributed by atoms with van der Waals surface area (Å²) in [6, 6.07) is 0. The fourth-order valence-corrected chi connectivity index (χ4v) is 0.881. The third-order valence-electron chi connectivity index (χ3n) is 1.47. The first-order valence-corrected chi connectivity index (χ1v) is 4.28. The van der Waals surface area contributed by atoms with Crippen molar-refractivity contribution in [2.24, 2.45) is 0 Å². The van der Waals surface area contributed by atoms with E-state index in [1.165, 1.54) is 6.92 Å². The highest BCUT2D eigenvalue weighted by molar-refractivity contribution is 5.72. The van der Waals surface area contributed by atoms with Crippen molar-refractivity contribution in [1.82, 2.24) is 15.5 Å². The van der Waals surface area contributed by atoms with Gasteiger partial charge in [0, 0.05) is 13.3 Å². The van der Waals surface area contributed by atoms with Gasteiger partial charge in [0.25, 0.3) is 0 Å². The number of amides is 1. The summed E-state index contributed by atoms with van der Waals surface area (Å²) >= 11 is 0. The largest absolute Gasteiger partial charge is 0.349 e. The molecule has 1 amide bonds. The van der Waals surface area contributed by atoms with Crippen molar-refractivity contribution >= 4 is 5.91 Å². The van der Waals surface area contributed by atoms with Crippen molar-refractivity contribution in [3.63, 3.8) is 0 Å². The fraction of sp³-hybridized carbons (Fsp3) is 0.625. The van der Waals surface area contributed by atoms with Gasteiger partial charge in [0.15, 0.2) is 5.82 Å². The first kappa shape index (κ1) is 9.70. The van der Waals surface area contributed by atoms with Crippen molar-refractivity contribution in [3.05, 3.63) is 11.7 Å². The molecular formula is C8H13N3O2. The molecule has 0 atom stereocenters. The van der Waals surface area contributed by atoms with Crippen LogP contribution in [0.5, 0.6) is 0 Å². The molecule has 0 unspecified atom stereocenters. The van der Waals surface area contributed by atoms with Crippen molar-refractivity contribution in [1.29, 1.82) is 0 Å². The van der Waals surface area contributed by atoms with Crippen LogP contribution in [0.3, 0.4) is 0 Å². The predicted molar refractivity (Wildman–Crippen MR) is 45.8 cm³/mol. The van der Waals surface area contributed by atoms with Gasteiger partial charge in [-0.2, -0.15) is 4.98 Å². The van der Waals surface area contributed by atoms with Crippen LogP contribution < -0.4 is 5.32 Å². The molecular weight excluding hydrogens is 170 g/mol. The summed E-state index contributed by atoms with van der Waals surface area (Å²) in [4.78, 5) is 14.6. The Balaban J connectivity index is 2.44. The molecule has 13 heavy (non-hydrogen) atoms. The smallest absolute Gasteiger partial charge is 0.226 e. The second-order valence-corrected chi connectivity index (χ2v) is 2.76. The van der Waals surface area contributed by atoms with E-state index >= 15 is 0 Å². The molecule has 0 aromatic carbocycles. The van der Waals surface area contributed by atoms with Gasteiger partial charge in [0.05, 0.1) is 6.54 Å². The van der Waals surface area contributed by atoms with Gasteiger partial charge in [-0.05, 0) is 6.42 Å². The number of nitrogens with zero attached hydrogens (tertiary/aromatic N) is 2. The lowest BCUT2D eigenvalue weighted by Gasteiger charge is -1.93. The summed E-state index contributed by atoms with van der Waals surface area (Å²) < 4.78 is 4.92. The monoisotopic (exact) mass is 183 g/mol. The number of nitrogens with one attached hydrogen (secondary N) is 1. The molecule has 1 N–H and O–H groups in total. The molecule has 0 aliphatic heterocycles. The van der Waals surface area contributed by atoms with Gasteiger partial charge in [0.2, 0.25) is 11.8 Å². The van der Waals surface area contributed by atoms with Crippen LogP contribution >= 0.6 is 0 Å². The summed E-state index contributed by atoms with van der Waals surface area (Å²) in [7, 11) is 0. The van der Waals surface area contributed by atoms with Crippen molar-refractivity contribution in [3.8, 4) is 0 Å². The minimum Gasteiger partial charge on any atom is -0.349 e. The Morgan fingerprint density at radius 3 is 3.00 bits per heavy atom. The number of carbonyl (C=O) groups excluding carboxylic acids is 1. The molecule has 0 spiro atoms. The maximum atomic E-state index is 10.6. The first-order valence-electron chi connectivity index (χ1n) is 4.28. The first-order chi connectivity index (χ1) is 6.22. The molecule has 0 saturated carbocycles. The highest BCUT2D eigenvalue weighted by Gasteiger charge is 2.04. The summed E-state index contributed by atoms with van der Waals surface area (Å²) in [5.74, 6) is 1.06. The SMILES string of the molecule is CCCc1nc(CNC(C)=O)no1. The van der Waals surface area contributed by atoms with Gasteiger partial charge >= 0.3 is 0 Å². The molecule has 0 saturated heterocycles. The molecule has 5 heteroatoms. The maximum Gasteiger partial charge on any atom is 0.226 e. The van der Waals surface area contributed by atoms with Crippen molar-refractivity contribution in [2.75, 3.05) is 0 Å². The van der Waals surface area contributed by atoms with E-state index in [0.717, 1.165) is 12.8 Å². The molecule has 0 fully saturated rings. The van der Waals surface area contributed by atoms with E-state index < -0.39 is 0 Å². The second kappa shape index (κ2) is 4.59. The number of aryl methyl sites for hydroxylation is 1. The topological polar surface area (TPSA) is 68.0 Å². The Labute approximate surface area is 76.5 Å². The number of carbonyl (C=O) groups is 1. The quantitative estimate of drug-likeness (QED) is 0.744. The van der Waals surface area contributed by atoms with Crippen LogP contribution in [0.15, 0.2) is 4.52 Å². The van der Waals surface area contributed by atoms with E-state index in [4.69, 9.17) is 4.52 Å². The molecule has 0 radical (unpaired) electrons. The average molecular weight is 183 g/mol. The molecule has 0 bridgehead atoms. The van der Waals surface area contributed by atoms with Crippen molar-refractivity contribution < 1.29 is 9.32 Å². The number of rotatable bonds is 4. The van der Waals surface area contributed by atoms with Gasteiger partial charge in [-0.1, -0.05) is 12.1 Å². The molecule has 1 heterocycles. The lowest BCUT2D eigenvalue weighted by atomic mass is 10.3. The standard InChI is InChI=1S/C8H13N3O2/c1-3-4-8-10-7(11-13-8)5-9-6(2)12/h3-5H2,1-2H3,(H,9,12). The van der Waals surface area contributed by atoms with E-state index in [1.54, 1.807) is 0 Å². The number of hydrogen-bond acceptors (Lipinski definition) is 4. The van der Waals surface area contributed by atoms with Crippen LogP contribution in [0.4, 0.5) is 0 Å². The Hall–Kier alpha value is -1.39. The van der Waals surface area contributed by atoms with Crippen LogP contribution in [-0.2, 0) is 17.8 Å². The minimum atomic E-state index is -0.0955. The molecule has 1 aromatic rings. The van der Waals surface area contributed by atoms with E-state index in [9.17, 15) is 4.79 Å². The van der Waals surface area contributed by atoms with Gasteiger partial charge in [0.1, 0.15) is 0 Å². The summed E-state index contributed by atoms with van der Waals surface area (Å²) in [6.45, 7) is 3.83. The highest BCUT2D eigenvalue weighted by Crippen LogP contribution is 1.99. The lowest BCUT2D eigenvalue weighted by molar-refractivity contribution is -0.119. The lowest BCUT2D eigenvalue weighted by Crippen LogP contribution is -2.19. The molecule has 72 valence electrons. The molecule has 5 nitrogen and oxygen atoms in total. The minimum absolute atomic E-state index is 0.0955. The van der Waals surface area contributed by atoms with Gasteiger partial charge < -0.3 is 9.84 Å². The molecule has 0 aliphatic rings. The van der Waals surface area contributed by atoms with E-state index in [-0.39, 0.29) is 5.91 Å². The Bertz CT molecular complexity index is 283. The average Bonchev–Trinajstić information content (AvgIpc) is 2.50. The molecule has 1 rings (SSSR count). The van der Waals surface area contributed by atoms with E-state index in [1.807, 2.05) is 6.92 Å². The third kappa shape index (κ3) is 3.23. The zero-order valence-corrected chi connectivity index (χ0v) is 7.83. The Morgan fingerprint density at radius 2 is 2.38 bits per heavy atom. The maximum absolute atomic E-state index is 10.6. The summed E-state index contributed by atoms with van der Waals surface area (Å²) in [5.41, 5.74) is 0. The summed E-state index contributed by atoms with van der Waals surface area (Å²) in [5, 5.41) is 6.30. The van der Waals surface area contributed by atoms with Crippen molar-refractivity contribution in [2.45, 2.75) is 33.2 Å². The number of aromatic nitrogens is 2. The molecule has 1 aromatic heterocycles. The predicted octanol–water partition coefficient (Wildman–Crippen LogP) is 0.658. The van der Waals surface area contributed by atoms with Gasteiger partial charge in [-0.3, -0.25) is 4.79 Å². The van der Waals surface area contributed by atoms with E-state index in [2.05, 4.69) is 15.5 Å². The van der Waals surface area contributed by atoms with Crippen LogP contribution in [-0.4, -0.2) is 16.0 Å². The van der Waals surface area contributed by atoms with Crippen LogP contribution in [0.25, 0.3) is 0 Å². The second-order valence-electron chi connectivity index (χ2n) is 2.76. The number of hydrogen-bond donors (Lipinski definition) is 1. The van der Waals surface area contributed by atoms with Crippen LogP contribution in [0.2, 0.25) is 0 Å². The Kier molecular flexibility index (Phi) is 3.42. The fourth-order valence-electron chi connectivity index (χ4n) is 0.881. The normalized spacial score (nSPS) is 10.0. The van der Waals surface area contributed by atoms with Crippen LogP contribution in [0, 0.1) is 0 Å². The Morgan fingerprint density at radius 1 is 1.62 bits per heavy atom. The zero-order valence-electron chi connectivity index (χ0n) is 7.83. The van der Waals surface area contributed by atoms with Crippen LogP contribution in [0.1, 0.15) is 32.0 Å². The molecule has 0 aliphatic carbocycles. The highest BCUT2D eigenvalue weighted by atomic mass is 16.5. The van der Waals surface area contributed by atoms with Gasteiger partial charge in [-0.15, -0.1) is 0 Å².